The van der Waals surface area contributed by atoms with E-state index in [1.165, 1.54) is 4.88 Å². The Hall–Kier alpha value is -1.07. The minimum Gasteiger partial charge on any atom is -0.396 e. The van der Waals surface area contributed by atoms with Gasteiger partial charge in [0.2, 0.25) is 0 Å². The lowest BCUT2D eigenvalue weighted by Gasteiger charge is -2.08. The van der Waals surface area contributed by atoms with Crippen LogP contribution in [0, 0.1) is 6.92 Å². The minimum atomic E-state index is 0.679. The first-order valence-electron chi connectivity index (χ1n) is 4.85. The largest absolute Gasteiger partial charge is 0.396 e. The third kappa shape index (κ3) is 2.54. The highest BCUT2D eigenvalue weighted by Crippen LogP contribution is 2.24. The van der Waals surface area contributed by atoms with Crippen molar-refractivity contribution in [1.29, 1.82) is 0 Å². The van der Waals surface area contributed by atoms with E-state index in [0.717, 1.165) is 22.5 Å². The molecule has 0 radical (unpaired) electrons. The third-order valence-corrected chi connectivity index (χ3v) is 4.10. The number of aryl methyl sites for hydroxylation is 1. The highest BCUT2D eigenvalue weighted by molar-refractivity contribution is 9.10. The van der Waals surface area contributed by atoms with Gasteiger partial charge in [-0.15, -0.1) is 11.3 Å². The van der Waals surface area contributed by atoms with Crippen LogP contribution in [0.15, 0.2) is 28.1 Å². The van der Waals surface area contributed by atoms with E-state index in [-0.39, 0.29) is 0 Å². The summed E-state index contributed by atoms with van der Waals surface area (Å²) in [4.78, 5) is 5.59. The Morgan fingerprint density at radius 3 is 2.94 bits per heavy atom. The van der Waals surface area contributed by atoms with Crippen molar-refractivity contribution in [3.8, 4) is 0 Å². The van der Waals surface area contributed by atoms with Crippen molar-refractivity contribution in [1.82, 2.24) is 4.98 Å². The zero-order valence-corrected chi connectivity index (χ0v) is 11.2. The van der Waals surface area contributed by atoms with Gasteiger partial charge in [0, 0.05) is 15.0 Å². The molecule has 0 amide bonds. The van der Waals surface area contributed by atoms with Crippen molar-refractivity contribution in [3.63, 3.8) is 0 Å². The molecule has 5 heteroatoms. The van der Waals surface area contributed by atoms with Gasteiger partial charge in [-0.25, -0.2) is 4.98 Å². The Kier molecular flexibility index (Phi) is 3.46. The summed E-state index contributed by atoms with van der Waals surface area (Å²) in [6, 6.07) is 5.81. The van der Waals surface area contributed by atoms with E-state index in [4.69, 9.17) is 5.73 Å². The number of rotatable bonds is 3. The van der Waals surface area contributed by atoms with Crippen LogP contribution in [0.2, 0.25) is 0 Å². The average Bonchev–Trinajstić information content (AvgIpc) is 2.66. The maximum Gasteiger partial charge on any atom is 0.149 e. The van der Waals surface area contributed by atoms with Gasteiger partial charge >= 0.3 is 0 Å². The fourth-order valence-corrected chi connectivity index (χ4v) is 2.76. The van der Waals surface area contributed by atoms with Gasteiger partial charge < -0.3 is 11.1 Å². The minimum absolute atomic E-state index is 0.679. The van der Waals surface area contributed by atoms with E-state index in [1.807, 2.05) is 30.5 Å². The third-order valence-electron chi connectivity index (χ3n) is 2.17. The molecule has 0 atom stereocenters. The number of anilines is 2. The number of pyridine rings is 1. The molecule has 2 aromatic heterocycles. The monoisotopic (exact) mass is 297 g/mol. The van der Waals surface area contributed by atoms with Gasteiger partial charge in [0.25, 0.3) is 0 Å². The van der Waals surface area contributed by atoms with Crippen LogP contribution < -0.4 is 11.1 Å². The Bertz CT molecular complexity index is 496. The molecule has 3 nitrogen and oxygen atoms in total. The molecule has 0 bridgehead atoms. The number of nitrogens with zero attached hydrogens (tertiary/aromatic N) is 1. The lowest BCUT2D eigenvalue weighted by atomic mass is 10.3. The molecule has 0 aliphatic carbocycles. The van der Waals surface area contributed by atoms with Crippen LogP contribution in [-0.2, 0) is 6.54 Å². The van der Waals surface area contributed by atoms with Crippen molar-refractivity contribution >= 4 is 38.8 Å². The lowest BCUT2D eigenvalue weighted by Crippen LogP contribution is -2.04. The molecule has 0 aliphatic rings. The van der Waals surface area contributed by atoms with E-state index in [2.05, 4.69) is 26.2 Å². The molecule has 0 saturated heterocycles. The van der Waals surface area contributed by atoms with E-state index in [0.29, 0.717) is 5.69 Å². The molecule has 0 unspecified atom stereocenters. The number of nitrogens with one attached hydrogen (secondary N) is 1. The van der Waals surface area contributed by atoms with Gasteiger partial charge in [-0.2, -0.15) is 0 Å². The first-order chi connectivity index (χ1) is 7.66. The molecule has 0 aromatic carbocycles. The van der Waals surface area contributed by atoms with Gasteiger partial charge in [-0.05, 0) is 46.4 Å². The van der Waals surface area contributed by atoms with Crippen LogP contribution in [0.4, 0.5) is 11.5 Å². The summed E-state index contributed by atoms with van der Waals surface area (Å²) in [5.74, 6) is 0.750. The normalized spacial score (nSPS) is 10.4. The number of nitrogen functional groups attached to an aromatic ring is 1. The first-order valence-corrected chi connectivity index (χ1v) is 6.53. The van der Waals surface area contributed by atoms with E-state index in [9.17, 15) is 0 Å². The first kappa shape index (κ1) is 11.4. The Morgan fingerprint density at radius 1 is 1.44 bits per heavy atom. The number of aromatic nitrogens is 1. The molecular weight excluding hydrogens is 286 g/mol. The topological polar surface area (TPSA) is 50.9 Å². The average molecular weight is 298 g/mol. The number of halogens is 1. The van der Waals surface area contributed by atoms with Crippen LogP contribution >= 0.6 is 27.3 Å². The van der Waals surface area contributed by atoms with Crippen LogP contribution in [0.1, 0.15) is 10.6 Å². The molecule has 2 aromatic rings. The summed E-state index contributed by atoms with van der Waals surface area (Å²) in [5.41, 5.74) is 7.47. The summed E-state index contributed by atoms with van der Waals surface area (Å²) in [6.07, 6.45) is 0. The van der Waals surface area contributed by atoms with Gasteiger partial charge in [0.05, 0.1) is 12.2 Å². The van der Waals surface area contributed by atoms with Gasteiger partial charge in [-0.1, -0.05) is 0 Å². The van der Waals surface area contributed by atoms with E-state index >= 15 is 0 Å². The standard InChI is InChI=1S/C11H12BrN3S/c1-7-2-3-9(13)11(15-7)14-6-10-8(12)4-5-16-10/h2-5H,6,13H2,1H3,(H,14,15). The van der Waals surface area contributed by atoms with Crippen molar-refractivity contribution < 1.29 is 0 Å². The molecule has 2 rings (SSSR count). The molecule has 0 spiro atoms. The molecule has 3 N–H and O–H groups in total. The van der Waals surface area contributed by atoms with Crippen LogP contribution in [0.25, 0.3) is 0 Å². The zero-order valence-electron chi connectivity index (χ0n) is 8.83. The Morgan fingerprint density at radius 2 is 2.25 bits per heavy atom. The van der Waals surface area contributed by atoms with Crippen molar-refractivity contribution in [2.75, 3.05) is 11.1 Å². The maximum atomic E-state index is 5.83. The molecular formula is C11H12BrN3S. The molecule has 0 aliphatic heterocycles. The van der Waals surface area contributed by atoms with Gasteiger partial charge in [0.15, 0.2) is 0 Å². The van der Waals surface area contributed by atoms with Crippen LogP contribution in [0.3, 0.4) is 0 Å². The van der Waals surface area contributed by atoms with Crippen molar-refractivity contribution in [2.45, 2.75) is 13.5 Å². The molecule has 84 valence electrons. The lowest BCUT2D eigenvalue weighted by molar-refractivity contribution is 1.11. The van der Waals surface area contributed by atoms with Gasteiger partial charge in [0.1, 0.15) is 5.82 Å². The fraction of sp³-hybridized carbons (Fsp3) is 0.182. The van der Waals surface area contributed by atoms with Gasteiger partial charge in [-0.3, -0.25) is 0 Å². The smallest absolute Gasteiger partial charge is 0.149 e. The zero-order chi connectivity index (χ0) is 11.5. The Balaban J connectivity index is 2.10. The second kappa shape index (κ2) is 4.84. The molecule has 0 fully saturated rings. The van der Waals surface area contributed by atoms with Crippen molar-refractivity contribution in [2.24, 2.45) is 0 Å². The highest BCUT2D eigenvalue weighted by atomic mass is 79.9. The molecule has 16 heavy (non-hydrogen) atoms. The predicted molar refractivity (Wildman–Crippen MR) is 72.7 cm³/mol. The van der Waals surface area contributed by atoms with Crippen LogP contribution in [0.5, 0.6) is 0 Å². The van der Waals surface area contributed by atoms with E-state index in [1.54, 1.807) is 11.3 Å². The SMILES string of the molecule is Cc1ccc(N)c(NCc2sccc2Br)n1. The summed E-state index contributed by atoms with van der Waals surface area (Å²) in [6.45, 7) is 2.69. The van der Waals surface area contributed by atoms with Crippen LogP contribution in [-0.4, -0.2) is 4.98 Å². The second-order valence-corrected chi connectivity index (χ2v) is 5.29. The summed E-state index contributed by atoms with van der Waals surface area (Å²) in [5, 5.41) is 5.29. The number of nitrogens with two attached hydrogens (primary N) is 1. The van der Waals surface area contributed by atoms with Crippen molar-refractivity contribution in [3.05, 3.63) is 38.6 Å². The highest BCUT2D eigenvalue weighted by Gasteiger charge is 2.04. The number of hydrogen-bond acceptors (Lipinski definition) is 4. The quantitative estimate of drug-likeness (QED) is 0.913. The molecule has 0 saturated carbocycles. The number of hydrogen-bond donors (Lipinski definition) is 2. The fourth-order valence-electron chi connectivity index (χ4n) is 1.32. The summed E-state index contributed by atoms with van der Waals surface area (Å²) < 4.78 is 1.12. The Labute approximate surface area is 107 Å². The predicted octanol–water partition coefficient (Wildman–Crippen LogP) is 3.41. The van der Waals surface area contributed by atoms with E-state index < -0.39 is 0 Å². The number of thiophene rings is 1. The second-order valence-electron chi connectivity index (χ2n) is 3.44. The summed E-state index contributed by atoms with van der Waals surface area (Å²) >= 11 is 5.19. The summed E-state index contributed by atoms with van der Waals surface area (Å²) in [7, 11) is 0. The maximum absolute atomic E-state index is 5.83. The molecule has 2 heterocycles.